The minimum atomic E-state index is 0.865. The number of nitrogens with zero attached hydrogens (tertiary/aromatic N) is 2. The summed E-state index contributed by atoms with van der Waals surface area (Å²) in [7, 11) is 0. The van der Waals surface area contributed by atoms with Crippen molar-refractivity contribution in [2.24, 2.45) is 0 Å². The van der Waals surface area contributed by atoms with Gasteiger partial charge >= 0.3 is 0 Å². The SMILES string of the molecule is c1ccc2cc3c(cc2c1)c1ccccc1n3-c1ccc(-c2ccc(N(c3ccc4c(c3)oc3ccccc34)c3cc4c5ccccc5ccc4c4ccccc34)cc2)c2ccccc12. The first-order valence-electron chi connectivity index (χ1n) is 22.3. The van der Waals surface area contributed by atoms with Gasteiger partial charge in [-0.3, -0.25) is 0 Å². The molecule has 0 N–H and O–H groups in total. The Morgan fingerprint density at radius 2 is 0.908 bits per heavy atom. The lowest BCUT2D eigenvalue weighted by Gasteiger charge is -2.28. The van der Waals surface area contributed by atoms with Crippen LogP contribution >= 0.6 is 0 Å². The predicted octanol–water partition coefficient (Wildman–Crippen LogP) is 17.6. The topological polar surface area (TPSA) is 21.3 Å². The molecule has 2 aromatic heterocycles. The number of aromatic nitrogens is 1. The van der Waals surface area contributed by atoms with E-state index in [9.17, 15) is 0 Å². The van der Waals surface area contributed by atoms with Crippen molar-refractivity contribution < 1.29 is 4.42 Å². The quantitative estimate of drug-likeness (QED) is 0.161. The van der Waals surface area contributed by atoms with E-state index in [1.54, 1.807) is 0 Å². The van der Waals surface area contributed by atoms with E-state index in [2.05, 4.69) is 228 Å². The molecule has 0 aliphatic carbocycles. The zero-order valence-corrected chi connectivity index (χ0v) is 35.2. The standard InChI is InChI=1S/C62H38N2O/c1-2-15-42-36-59-56(35-41(42)14-1)52-21-9-11-23-57(52)64(59)58-34-33-46(47-17-5-7-19-50(47)58)40-25-28-43(29-26-40)63(44-30-32-54-53-22-10-12-24-61(53)65-62(54)37-44)60-38-55-45-16-4-3-13-39(45)27-31-49(55)48-18-6-8-20-51(48)60/h1-38H. The highest BCUT2D eigenvalue weighted by Gasteiger charge is 2.21. The van der Waals surface area contributed by atoms with Crippen LogP contribution in [-0.2, 0) is 0 Å². The Morgan fingerprint density at radius 3 is 1.74 bits per heavy atom. The third-order valence-electron chi connectivity index (χ3n) is 13.7. The Hall–Kier alpha value is -8.66. The lowest BCUT2D eigenvalue weighted by Crippen LogP contribution is -2.10. The molecule has 0 amide bonds. The van der Waals surface area contributed by atoms with Crippen molar-refractivity contribution in [3.63, 3.8) is 0 Å². The number of para-hydroxylation sites is 2. The number of furan rings is 1. The largest absolute Gasteiger partial charge is 0.456 e. The van der Waals surface area contributed by atoms with Crippen LogP contribution in [0, 0.1) is 0 Å². The van der Waals surface area contributed by atoms with Gasteiger partial charge in [-0.1, -0.05) is 164 Å². The van der Waals surface area contributed by atoms with Crippen LogP contribution in [0.3, 0.4) is 0 Å². The summed E-state index contributed by atoms with van der Waals surface area (Å²) < 4.78 is 8.98. The van der Waals surface area contributed by atoms with E-state index in [0.717, 1.165) is 44.6 Å². The summed E-state index contributed by atoms with van der Waals surface area (Å²) >= 11 is 0. The summed E-state index contributed by atoms with van der Waals surface area (Å²) in [5.74, 6) is 0. The molecule has 0 radical (unpaired) electrons. The second-order valence-corrected chi connectivity index (χ2v) is 17.2. The Bertz CT molecular complexity index is 4250. The molecule has 14 rings (SSSR count). The molecule has 0 fully saturated rings. The van der Waals surface area contributed by atoms with Crippen molar-refractivity contribution in [3.8, 4) is 16.8 Å². The van der Waals surface area contributed by atoms with Crippen molar-refractivity contribution in [2.45, 2.75) is 0 Å². The first-order chi connectivity index (χ1) is 32.2. The fraction of sp³-hybridized carbons (Fsp3) is 0. The molecule has 3 heteroatoms. The zero-order valence-electron chi connectivity index (χ0n) is 35.2. The number of anilines is 3. The molecule has 12 aromatic carbocycles. The molecule has 65 heavy (non-hydrogen) atoms. The molecule has 14 aromatic rings. The van der Waals surface area contributed by atoms with E-state index in [1.165, 1.54) is 86.9 Å². The number of rotatable bonds is 5. The fourth-order valence-electron chi connectivity index (χ4n) is 10.7. The van der Waals surface area contributed by atoms with Gasteiger partial charge in [0.25, 0.3) is 0 Å². The Kier molecular flexibility index (Phi) is 7.69. The minimum Gasteiger partial charge on any atom is -0.456 e. The lowest BCUT2D eigenvalue weighted by atomic mass is 9.94. The van der Waals surface area contributed by atoms with Gasteiger partial charge in [0.15, 0.2) is 0 Å². The van der Waals surface area contributed by atoms with Gasteiger partial charge in [-0.15, -0.1) is 0 Å². The predicted molar refractivity (Wildman–Crippen MR) is 276 cm³/mol. The summed E-state index contributed by atoms with van der Waals surface area (Å²) in [5.41, 5.74) is 10.9. The van der Waals surface area contributed by atoms with Gasteiger partial charge in [0.2, 0.25) is 0 Å². The summed E-state index contributed by atoms with van der Waals surface area (Å²) in [4.78, 5) is 2.41. The summed E-state index contributed by atoms with van der Waals surface area (Å²) in [6, 6.07) is 84.2. The molecule has 0 saturated carbocycles. The molecule has 0 unspecified atom stereocenters. The van der Waals surface area contributed by atoms with Crippen molar-refractivity contribution in [1.29, 1.82) is 0 Å². The molecule has 0 aliphatic heterocycles. The molecule has 0 spiro atoms. The van der Waals surface area contributed by atoms with Gasteiger partial charge in [-0.25, -0.2) is 0 Å². The highest BCUT2D eigenvalue weighted by molar-refractivity contribution is 6.22. The van der Waals surface area contributed by atoms with Gasteiger partial charge in [-0.2, -0.15) is 0 Å². The number of benzene rings is 12. The molecule has 302 valence electrons. The molecular weight excluding hydrogens is 789 g/mol. The first kappa shape index (κ1) is 35.9. The fourth-order valence-corrected chi connectivity index (χ4v) is 10.7. The van der Waals surface area contributed by atoms with Gasteiger partial charge in [0, 0.05) is 49.8 Å². The molecule has 0 atom stereocenters. The summed E-state index contributed by atoms with van der Waals surface area (Å²) in [6.07, 6.45) is 0. The number of hydrogen-bond donors (Lipinski definition) is 0. The Balaban J connectivity index is 0.960. The summed E-state index contributed by atoms with van der Waals surface area (Å²) in [5, 5.41) is 17.0. The monoisotopic (exact) mass is 826 g/mol. The van der Waals surface area contributed by atoms with Crippen LogP contribution in [0.4, 0.5) is 17.1 Å². The van der Waals surface area contributed by atoms with Crippen molar-refractivity contribution in [1.82, 2.24) is 4.57 Å². The van der Waals surface area contributed by atoms with Crippen molar-refractivity contribution in [3.05, 3.63) is 231 Å². The van der Waals surface area contributed by atoms with Gasteiger partial charge in [0.05, 0.1) is 22.4 Å². The smallest absolute Gasteiger partial charge is 0.137 e. The van der Waals surface area contributed by atoms with Crippen LogP contribution in [0.5, 0.6) is 0 Å². The molecule has 2 heterocycles. The Morgan fingerprint density at radius 1 is 0.308 bits per heavy atom. The minimum absolute atomic E-state index is 0.865. The number of fused-ring (bicyclic) bond motifs is 13. The highest BCUT2D eigenvalue weighted by atomic mass is 16.3. The average Bonchev–Trinajstić information content (AvgIpc) is 3.90. The third-order valence-corrected chi connectivity index (χ3v) is 13.7. The Labute approximate surface area is 374 Å². The van der Waals surface area contributed by atoms with E-state index >= 15 is 0 Å². The summed E-state index contributed by atoms with van der Waals surface area (Å²) in [6.45, 7) is 0. The van der Waals surface area contributed by atoms with Crippen LogP contribution in [0.2, 0.25) is 0 Å². The second kappa shape index (κ2) is 13.9. The maximum Gasteiger partial charge on any atom is 0.137 e. The maximum atomic E-state index is 6.52. The van der Waals surface area contributed by atoms with Gasteiger partial charge in [0.1, 0.15) is 11.2 Å². The van der Waals surface area contributed by atoms with Gasteiger partial charge in [-0.05, 0) is 115 Å². The molecule has 0 aliphatic rings. The van der Waals surface area contributed by atoms with Crippen molar-refractivity contribution >= 4 is 115 Å². The maximum absolute atomic E-state index is 6.52. The van der Waals surface area contributed by atoms with E-state index in [1.807, 2.05) is 12.1 Å². The normalized spacial score (nSPS) is 12.0. The molecular formula is C62H38N2O. The third kappa shape index (κ3) is 5.43. The van der Waals surface area contributed by atoms with Crippen molar-refractivity contribution in [2.75, 3.05) is 4.90 Å². The second-order valence-electron chi connectivity index (χ2n) is 17.2. The van der Waals surface area contributed by atoms with Crippen LogP contribution in [-0.4, -0.2) is 4.57 Å². The van der Waals surface area contributed by atoms with Gasteiger partial charge < -0.3 is 13.9 Å². The molecule has 3 nitrogen and oxygen atoms in total. The van der Waals surface area contributed by atoms with E-state index < -0.39 is 0 Å². The number of hydrogen-bond acceptors (Lipinski definition) is 2. The highest BCUT2D eigenvalue weighted by Crippen LogP contribution is 2.46. The van der Waals surface area contributed by atoms with Crippen LogP contribution in [0.25, 0.3) is 114 Å². The molecule has 0 bridgehead atoms. The van der Waals surface area contributed by atoms with Crippen LogP contribution in [0.15, 0.2) is 235 Å². The lowest BCUT2D eigenvalue weighted by molar-refractivity contribution is 0.669. The first-order valence-corrected chi connectivity index (χ1v) is 22.3. The van der Waals surface area contributed by atoms with Crippen LogP contribution < -0.4 is 4.90 Å². The van der Waals surface area contributed by atoms with E-state index in [-0.39, 0.29) is 0 Å². The van der Waals surface area contributed by atoms with E-state index in [0.29, 0.717) is 0 Å². The molecule has 0 saturated heterocycles. The van der Waals surface area contributed by atoms with Crippen LogP contribution in [0.1, 0.15) is 0 Å². The zero-order chi connectivity index (χ0) is 42.6. The average molecular weight is 827 g/mol. The van der Waals surface area contributed by atoms with E-state index in [4.69, 9.17) is 4.42 Å².